The van der Waals surface area contributed by atoms with Crippen LogP contribution in [0.3, 0.4) is 0 Å². The van der Waals surface area contributed by atoms with Gasteiger partial charge in [0.2, 0.25) is 0 Å². The molecule has 32 heavy (non-hydrogen) atoms. The second kappa shape index (κ2) is 9.75. The Hall–Kier alpha value is -3.51. The first-order chi connectivity index (χ1) is 15.6. The third-order valence-electron chi connectivity index (χ3n) is 5.16. The summed E-state index contributed by atoms with van der Waals surface area (Å²) in [6.45, 7) is 2.92. The number of benzene rings is 3. The first-order valence-corrected chi connectivity index (χ1v) is 10.7. The van der Waals surface area contributed by atoms with Crippen LogP contribution in [0.1, 0.15) is 29.1 Å². The highest BCUT2D eigenvalue weighted by atomic mass is 35.5. The Labute approximate surface area is 191 Å². The number of amides is 1. The summed E-state index contributed by atoms with van der Waals surface area (Å²) in [7, 11) is 1.63. The van der Waals surface area contributed by atoms with Gasteiger partial charge in [0.05, 0.1) is 41.3 Å². The molecule has 0 saturated heterocycles. The van der Waals surface area contributed by atoms with Gasteiger partial charge in [-0.3, -0.25) is 4.79 Å². The Morgan fingerprint density at radius 2 is 1.81 bits per heavy atom. The molecular weight excluding hydrogens is 426 g/mol. The molecule has 4 rings (SSSR count). The predicted molar refractivity (Wildman–Crippen MR) is 126 cm³/mol. The number of para-hydroxylation sites is 2. The fourth-order valence-corrected chi connectivity index (χ4v) is 3.81. The summed E-state index contributed by atoms with van der Waals surface area (Å²) in [6.07, 6.45) is 0. The van der Waals surface area contributed by atoms with E-state index in [1.807, 2.05) is 55.5 Å². The number of nitrogens with one attached hydrogen (secondary N) is 1. The van der Waals surface area contributed by atoms with Crippen LogP contribution in [-0.4, -0.2) is 29.2 Å². The molecule has 1 N–H and O–H groups in total. The van der Waals surface area contributed by atoms with Crippen molar-refractivity contribution >= 4 is 28.5 Å². The van der Waals surface area contributed by atoms with E-state index in [4.69, 9.17) is 26.1 Å². The van der Waals surface area contributed by atoms with E-state index >= 15 is 0 Å². The summed E-state index contributed by atoms with van der Waals surface area (Å²) in [5, 5.41) is 3.43. The standard InChI is InChI=1S/C25H24ClN3O3/c1-17(27-25(30)20-10-3-4-11-21(20)26)24-28-22-12-5-6-13-23(22)29(24)14-15-32-19-9-7-8-18(16-19)31-2/h3-13,16-17H,14-15H2,1-2H3,(H,27,30). The van der Waals surface area contributed by atoms with E-state index in [0.29, 0.717) is 23.7 Å². The lowest BCUT2D eigenvalue weighted by atomic mass is 10.2. The Bertz CT molecular complexity index is 1240. The van der Waals surface area contributed by atoms with Crippen molar-refractivity contribution in [3.8, 4) is 11.5 Å². The molecule has 0 aliphatic carbocycles. The molecule has 1 unspecified atom stereocenters. The van der Waals surface area contributed by atoms with E-state index in [2.05, 4.69) is 9.88 Å². The molecule has 3 aromatic carbocycles. The lowest BCUT2D eigenvalue weighted by Gasteiger charge is -2.17. The number of aromatic nitrogens is 2. The van der Waals surface area contributed by atoms with Gasteiger partial charge >= 0.3 is 0 Å². The van der Waals surface area contributed by atoms with Gasteiger partial charge in [-0.25, -0.2) is 4.98 Å². The number of imidazole rings is 1. The molecule has 0 bridgehead atoms. The van der Waals surface area contributed by atoms with Crippen LogP contribution in [0, 0.1) is 0 Å². The number of carbonyl (C=O) groups excluding carboxylic acids is 1. The van der Waals surface area contributed by atoms with Crippen LogP contribution in [0.25, 0.3) is 11.0 Å². The maximum absolute atomic E-state index is 12.8. The van der Waals surface area contributed by atoms with Crippen molar-refractivity contribution in [2.75, 3.05) is 13.7 Å². The van der Waals surface area contributed by atoms with Crippen LogP contribution in [0.4, 0.5) is 0 Å². The van der Waals surface area contributed by atoms with Crippen molar-refractivity contribution in [2.45, 2.75) is 19.5 Å². The van der Waals surface area contributed by atoms with Crippen LogP contribution in [-0.2, 0) is 6.54 Å². The van der Waals surface area contributed by atoms with E-state index in [-0.39, 0.29) is 11.9 Å². The van der Waals surface area contributed by atoms with Crippen molar-refractivity contribution in [1.29, 1.82) is 0 Å². The van der Waals surface area contributed by atoms with E-state index in [9.17, 15) is 4.79 Å². The number of carbonyl (C=O) groups is 1. The Morgan fingerprint density at radius 1 is 1.06 bits per heavy atom. The SMILES string of the molecule is COc1cccc(OCCn2c(C(C)NC(=O)c3ccccc3Cl)nc3ccccc32)c1. The second-order valence-electron chi connectivity index (χ2n) is 7.31. The average Bonchev–Trinajstić information content (AvgIpc) is 3.18. The Balaban J connectivity index is 1.54. The van der Waals surface area contributed by atoms with E-state index in [0.717, 1.165) is 28.4 Å². The van der Waals surface area contributed by atoms with Crippen molar-refractivity contribution < 1.29 is 14.3 Å². The van der Waals surface area contributed by atoms with Gasteiger partial charge in [-0.1, -0.05) is 41.9 Å². The molecule has 0 radical (unpaired) electrons. The summed E-state index contributed by atoms with van der Waals surface area (Å²) in [6, 6.07) is 22.0. The van der Waals surface area contributed by atoms with Crippen molar-refractivity contribution in [3.05, 3.63) is 89.2 Å². The highest BCUT2D eigenvalue weighted by molar-refractivity contribution is 6.33. The van der Waals surface area contributed by atoms with Crippen LogP contribution >= 0.6 is 11.6 Å². The molecule has 0 aliphatic heterocycles. The number of hydrogen-bond donors (Lipinski definition) is 1. The molecule has 4 aromatic rings. The molecule has 0 fully saturated rings. The van der Waals surface area contributed by atoms with Gasteiger partial charge in [0.25, 0.3) is 5.91 Å². The molecule has 6 nitrogen and oxygen atoms in total. The molecular formula is C25H24ClN3O3. The fraction of sp³-hybridized carbons (Fsp3) is 0.200. The predicted octanol–water partition coefficient (Wildman–Crippen LogP) is 5.27. The summed E-state index contributed by atoms with van der Waals surface area (Å²) < 4.78 is 13.3. The summed E-state index contributed by atoms with van der Waals surface area (Å²) >= 11 is 6.19. The van der Waals surface area contributed by atoms with Crippen molar-refractivity contribution in [3.63, 3.8) is 0 Å². The van der Waals surface area contributed by atoms with Gasteiger partial charge < -0.3 is 19.4 Å². The Morgan fingerprint density at radius 3 is 2.62 bits per heavy atom. The zero-order valence-electron chi connectivity index (χ0n) is 17.9. The maximum Gasteiger partial charge on any atom is 0.253 e. The van der Waals surface area contributed by atoms with Gasteiger partial charge in [-0.15, -0.1) is 0 Å². The highest BCUT2D eigenvalue weighted by Crippen LogP contribution is 2.23. The number of halogens is 1. The number of rotatable bonds is 8. The van der Waals surface area contributed by atoms with Crippen LogP contribution in [0.15, 0.2) is 72.8 Å². The first-order valence-electron chi connectivity index (χ1n) is 10.3. The Kier molecular flexibility index (Phi) is 6.61. The monoisotopic (exact) mass is 449 g/mol. The molecule has 1 heterocycles. The summed E-state index contributed by atoms with van der Waals surface area (Å²) in [4.78, 5) is 17.5. The quantitative estimate of drug-likeness (QED) is 0.398. The topological polar surface area (TPSA) is 65.4 Å². The van der Waals surface area contributed by atoms with Crippen molar-refractivity contribution in [1.82, 2.24) is 14.9 Å². The van der Waals surface area contributed by atoms with Crippen molar-refractivity contribution in [2.24, 2.45) is 0 Å². The lowest BCUT2D eigenvalue weighted by molar-refractivity contribution is 0.0937. The summed E-state index contributed by atoms with van der Waals surface area (Å²) in [5.41, 5.74) is 2.28. The van der Waals surface area contributed by atoms with Crippen LogP contribution in [0.5, 0.6) is 11.5 Å². The number of ether oxygens (including phenoxy) is 2. The highest BCUT2D eigenvalue weighted by Gasteiger charge is 2.20. The summed E-state index contributed by atoms with van der Waals surface area (Å²) in [5.74, 6) is 1.98. The zero-order valence-corrected chi connectivity index (χ0v) is 18.7. The van der Waals surface area contributed by atoms with Gasteiger partial charge in [0.1, 0.15) is 23.9 Å². The van der Waals surface area contributed by atoms with E-state index < -0.39 is 0 Å². The molecule has 0 saturated carbocycles. The van der Waals surface area contributed by atoms with Gasteiger partial charge in [-0.05, 0) is 43.3 Å². The van der Waals surface area contributed by atoms with Gasteiger partial charge in [-0.2, -0.15) is 0 Å². The molecule has 164 valence electrons. The maximum atomic E-state index is 12.8. The minimum absolute atomic E-state index is 0.241. The van der Waals surface area contributed by atoms with Gasteiger partial charge in [0, 0.05) is 6.07 Å². The second-order valence-corrected chi connectivity index (χ2v) is 7.72. The molecule has 7 heteroatoms. The zero-order chi connectivity index (χ0) is 22.5. The molecule has 1 aromatic heterocycles. The third kappa shape index (κ3) is 4.70. The molecule has 1 atom stereocenters. The minimum Gasteiger partial charge on any atom is -0.497 e. The average molecular weight is 450 g/mol. The molecule has 0 aliphatic rings. The normalized spacial score (nSPS) is 11.8. The minimum atomic E-state index is -0.331. The van der Waals surface area contributed by atoms with Gasteiger partial charge in [0.15, 0.2) is 0 Å². The first kappa shape index (κ1) is 21.7. The van der Waals surface area contributed by atoms with Crippen LogP contribution in [0.2, 0.25) is 5.02 Å². The number of methoxy groups -OCH3 is 1. The largest absolute Gasteiger partial charge is 0.497 e. The van der Waals surface area contributed by atoms with E-state index in [1.54, 1.807) is 31.4 Å². The number of hydrogen-bond acceptors (Lipinski definition) is 4. The smallest absolute Gasteiger partial charge is 0.253 e. The number of fused-ring (bicyclic) bond motifs is 1. The van der Waals surface area contributed by atoms with E-state index in [1.165, 1.54) is 0 Å². The fourth-order valence-electron chi connectivity index (χ4n) is 3.59. The number of nitrogens with zero attached hydrogens (tertiary/aromatic N) is 2. The third-order valence-corrected chi connectivity index (χ3v) is 5.49. The molecule has 0 spiro atoms. The lowest BCUT2D eigenvalue weighted by Crippen LogP contribution is -2.29. The molecule has 1 amide bonds. The van der Waals surface area contributed by atoms with Crippen LogP contribution < -0.4 is 14.8 Å².